The second-order valence-corrected chi connectivity index (χ2v) is 9.61. The summed E-state index contributed by atoms with van der Waals surface area (Å²) in [5, 5.41) is 4.99. The minimum atomic E-state index is -0.290. The Morgan fingerprint density at radius 3 is 2.39 bits per heavy atom. The van der Waals surface area contributed by atoms with Crippen molar-refractivity contribution in [2.45, 2.75) is 44.4 Å². The maximum Gasteiger partial charge on any atom is 0.411 e. The van der Waals surface area contributed by atoms with Gasteiger partial charge in [0.15, 0.2) is 0 Å². The van der Waals surface area contributed by atoms with Crippen LogP contribution in [0.1, 0.15) is 37.0 Å². The van der Waals surface area contributed by atoms with Crippen LogP contribution in [-0.4, -0.2) is 59.4 Å². The summed E-state index contributed by atoms with van der Waals surface area (Å²) in [6.07, 6.45) is 1.05. The molecule has 2 atom stereocenters. The fourth-order valence-corrected chi connectivity index (χ4v) is 5.33. The molecule has 2 aliphatic heterocycles. The number of ether oxygens (including phenoxy) is 1. The largest absolute Gasteiger partial charge is 0.439 e. The molecule has 0 bridgehead atoms. The Kier molecular flexibility index (Phi) is 6.89. The summed E-state index contributed by atoms with van der Waals surface area (Å²) in [6.45, 7) is 3.10. The lowest BCUT2D eigenvalue weighted by atomic mass is 9.98. The molecule has 3 aromatic carbocycles. The smallest absolute Gasteiger partial charge is 0.411 e. The zero-order valence-corrected chi connectivity index (χ0v) is 20.4. The Bertz CT molecular complexity index is 1250. The minimum Gasteiger partial charge on any atom is -0.439 e. The van der Waals surface area contributed by atoms with E-state index < -0.39 is 0 Å². The third-order valence-electron chi connectivity index (χ3n) is 7.27. The SMILES string of the molecule is CC1C(c2ccccc2)OC(=O)N1C1CCN(C(=O)CNC(=O)Cc2ccc3ccccc3c2)CC1. The Morgan fingerprint density at radius 2 is 1.64 bits per heavy atom. The predicted octanol–water partition coefficient (Wildman–Crippen LogP) is 4.07. The van der Waals surface area contributed by atoms with E-state index in [-0.39, 0.29) is 49.1 Å². The topological polar surface area (TPSA) is 79.0 Å². The lowest BCUT2D eigenvalue weighted by Gasteiger charge is -2.37. The first-order chi connectivity index (χ1) is 17.5. The fourth-order valence-electron chi connectivity index (χ4n) is 5.33. The molecule has 0 aromatic heterocycles. The van der Waals surface area contributed by atoms with E-state index in [1.165, 1.54) is 0 Å². The summed E-state index contributed by atoms with van der Waals surface area (Å²) >= 11 is 0. The number of piperidine rings is 1. The molecule has 1 N–H and O–H groups in total. The van der Waals surface area contributed by atoms with Gasteiger partial charge in [0, 0.05) is 19.1 Å². The average molecular weight is 486 g/mol. The molecule has 0 radical (unpaired) electrons. The van der Waals surface area contributed by atoms with Crippen LogP contribution in [-0.2, 0) is 20.7 Å². The molecule has 5 rings (SSSR count). The minimum absolute atomic E-state index is 0.0185. The van der Waals surface area contributed by atoms with Gasteiger partial charge in [-0.05, 0) is 41.7 Å². The summed E-state index contributed by atoms with van der Waals surface area (Å²) < 4.78 is 5.70. The Hall–Kier alpha value is -3.87. The van der Waals surface area contributed by atoms with Crippen molar-refractivity contribution in [1.29, 1.82) is 0 Å². The average Bonchev–Trinajstić information content (AvgIpc) is 3.21. The number of fused-ring (bicyclic) bond motifs is 1. The van der Waals surface area contributed by atoms with Gasteiger partial charge in [-0.25, -0.2) is 4.79 Å². The van der Waals surface area contributed by atoms with Crippen LogP contribution in [0.15, 0.2) is 72.8 Å². The van der Waals surface area contributed by atoms with Crippen LogP contribution in [0.5, 0.6) is 0 Å². The number of nitrogens with zero attached hydrogens (tertiary/aromatic N) is 2. The molecule has 2 saturated heterocycles. The second-order valence-electron chi connectivity index (χ2n) is 9.61. The Morgan fingerprint density at radius 1 is 0.944 bits per heavy atom. The van der Waals surface area contributed by atoms with Gasteiger partial charge in [-0.1, -0.05) is 72.8 Å². The molecular weight excluding hydrogens is 454 g/mol. The highest BCUT2D eigenvalue weighted by atomic mass is 16.6. The first-order valence-electron chi connectivity index (χ1n) is 12.6. The van der Waals surface area contributed by atoms with Crippen molar-refractivity contribution in [2.24, 2.45) is 0 Å². The van der Waals surface area contributed by atoms with E-state index in [2.05, 4.69) is 5.32 Å². The first kappa shape index (κ1) is 23.9. The maximum atomic E-state index is 12.7. The van der Waals surface area contributed by atoms with E-state index in [4.69, 9.17) is 4.74 Å². The van der Waals surface area contributed by atoms with Crippen molar-refractivity contribution < 1.29 is 19.1 Å². The molecule has 2 aliphatic rings. The summed E-state index contributed by atoms with van der Waals surface area (Å²) in [5.74, 6) is -0.270. The zero-order valence-electron chi connectivity index (χ0n) is 20.4. The molecule has 2 fully saturated rings. The molecule has 3 aromatic rings. The zero-order chi connectivity index (χ0) is 25.1. The van der Waals surface area contributed by atoms with E-state index >= 15 is 0 Å². The molecule has 0 aliphatic carbocycles. The number of benzene rings is 3. The number of cyclic esters (lactones) is 1. The Balaban J connectivity index is 1.09. The Labute approximate surface area is 211 Å². The van der Waals surface area contributed by atoms with Gasteiger partial charge >= 0.3 is 6.09 Å². The number of hydrogen-bond acceptors (Lipinski definition) is 4. The van der Waals surface area contributed by atoms with Crippen LogP contribution in [0.2, 0.25) is 0 Å². The van der Waals surface area contributed by atoms with Gasteiger partial charge in [-0.2, -0.15) is 0 Å². The summed E-state index contributed by atoms with van der Waals surface area (Å²) in [7, 11) is 0. The molecule has 2 unspecified atom stereocenters. The lowest BCUT2D eigenvalue weighted by Crippen LogP contribution is -2.51. The number of hydrogen-bond donors (Lipinski definition) is 1. The van der Waals surface area contributed by atoms with Crippen LogP contribution >= 0.6 is 0 Å². The molecule has 3 amide bonds. The summed E-state index contributed by atoms with van der Waals surface area (Å²) in [5.41, 5.74) is 1.91. The van der Waals surface area contributed by atoms with Gasteiger partial charge < -0.3 is 15.0 Å². The van der Waals surface area contributed by atoms with Gasteiger partial charge in [0.25, 0.3) is 0 Å². The number of carbonyl (C=O) groups excluding carboxylic acids is 3. The van der Waals surface area contributed by atoms with Crippen molar-refractivity contribution >= 4 is 28.7 Å². The molecule has 186 valence electrons. The number of likely N-dealkylation sites (tertiary alicyclic amines) is 1. The van der Waals surface area contributed by atoms with Crippen molar-refractivity contribution in [3.63, 3.8) is 0 Å². The third-order valence-corrected chi connectivity index (χ3v) is 7.27. The van der Waals surface area contributed by atoms with Crippen LogP contribution < -0.4 is 5.32 Å². The van der Waals surface area contributed by atoms with Gasteiger partial charge in [-0.15, -0.1) is 0 Å². The van der Waals surface area contributed by atoms with E-state index in [0.717, 1.165) is 21.9 Å². The van der Waals surface area contributed by atoms with E-state index in [9.17, 15) is 14.4 Å². The summed E-state index contributed by atoms with van der Waals surface area (Å²) in [4.78, 5) is 41.4. The van der Waals surface area contributed by atoms with E-state index in [1.54, 1.807) is 4.90 Å². The van der Waals surface area contributed by atoms with Crippen LogP contribution in [0.3, 0.4) is 0 Å². The maximum absolute atomic E-state index is 12.7. The number of carbonyl (C=O) groups is 3. The third kappa shape index (κ3) is 5.05. The molecule has 7 nitrogen and oxygen atoms in total. The van der Waals surface area contributed by atoms with Crippen molar-refractivity contribution in [3.05, 3.63) is 83.9 Å². The van der Waals surface area contributed by atoms with E-state index in [0.29, 0.717) is 25.9 Å². The van der Waals surface area contributed by atoms with Gasteiger partial charge in [0.2, 0.25) is 11.8 Å². The second kappa shape index (κ2) is 10.4. The predicted molar refractivity (Wildman–Crippen MR) is 137 cm³/mol. The highest BCUT2D eigenvalue weighted by Crippen LogP contribution is 2.35. The quantitative estimate of drug-likeness (QED) is 0.571. The van der Waals surface area contributed by atoms with Crippen molar-refractivity contribution in [1.82, 2.24) is 15.1 Å². The normalized spacial score (nSPS) is 20.4. The van der Waals surface area contributed by atoms with Crippen LogP contribution in [0, 0.1) is 0 Å². The lowest BCUT2D eigenvalue weighted by molar-refractivity contribution is -0.134. The molecule has 2 heterocycles. The summed E-state index contributed by atoms with van der Waals surface area (Å²) in [6, 6.07) is 23.8. The molecular formula is C29H31N3O4. The monoisotopic (exact) mass is 485 g/mol. The van der Waals surface area contributed by atoms with Gasteiger partial charge in [0.1, 0.15) is 6.10 Å². The van der Waals surface area contributed by atoms with Gasteiger partial charge in [0.05, 0.1) is 19.0 Å². The molecule has 36 heavy (non-hydrogen) atoms. The van der Waals surface area contributed by atoms with E-state index in [1.807, 2.05) is 84.6 Å². The number of rotatable bonds is 6. The molecule has 0 saturated carbocycles. The number of nitrogens with one attached hydrogen (secondary N) is 1. The first-order valence-corrected chi connectivity index (χ1v) is 12.6. The number of amides is 3. The highest BCUT2D eigenvalue weighted by Gasteiger charge is 2.44. The standard InChI is InChI=1S/C29H31N3O4/c1-20-28(23-8-3-2-4-9-23)36-29(35)32(20)25-13-15-31(16-14-25)27(34)19-30-26(33)18-21-11-12-22-7-5-6-10-24(22)17-21/h2-12,17,20,25,28H,13-16,18-19H2,1H3,(H,30,33). The highest BCUT2D eigenvalue weighted by molar-refractivity contribution is 5.88. The van der Waals surface area contributed by atoms with Crippen LogP contribution in [0.4, 0.5) is 4.79 Å². The molecule has 7 heteroatoms. The fraction of sp³-hybridized carbons (Fsp3) is 0.345. The molecule has 0 spiro atoms. The van der Waals surface area contributed by atoms with Crippen molar-refractivity contribution in [3.8, 4) is 0 Å². The van der Waals surface area contributed by atoms with Crippen molar-refractivity contribution in [2.75, 3.05) is 19.6 Å². The van der Waals surface area contributed by atoms with Gasteiger partial charge in [-0.3, -0.25) is 14.5 Å². The van der Waals surface area contributed by atoms with Crippen LogP contribution in [0.25, 0.3) is 10.8 Å².